The van der Waals surface area contributed by atoms with E-state index in [9.17, 15) is 4.79 Å². The van der Waals surface area contributed by atoms with Crippen molar-refractivity contribution >= 4 is 39.3 Å². The highest BCUT2D eigenvalue weighted by Gasteiger charge is 2.12. The predicted octanol–water partition coefficient (Wildman–Crippen LogP) is 6.32. The van der Waals surface area contributed by atoms with E-state index in [-0.39, 0.29) is 5.97 Å². The highest BCUT2D eigenvalue weighted by atomic mass is 32.2. The fourth-order valence-corrected chi connectivity index (χ4v) is 4.88. The van der Waals surface area contributed by atoms with Crippen LogP contribution in [0.3, 0.4) is 0 Å². The smallest absolute Gasteiger partial charge is 0.306 e. The number of fused-ring (bicyclic) bond motifs is 1. The number of thioether (sulfide) groups is 1. The van der Waals surface area contributed by atoms with E-state index >= 15 is 0 Å². The van der Waals surface area contributed by atoms with E-state index in [1.54, 1.807) is 23.1 Å². The van der Waals surface area contributed by atoms with E-state index in [0.29, 0.717) is 18.9 Å². The third kappa shape index (κ3) is 7.37. The van der Waals surface area contributed by atoms with Gasteiger partial charge in [0.2, 0.25) is 0 Å². The van der Waals surface area contributed by atoms with Gasteiger partial charge in [-0.3, -0.25) is 4.79 Å². The van der Waals surface area contributed by atoms with E-state index in [1.807, 2.05) is 18.2 Å². The Morgan fingerprint density at radius 3 is 2.80 bits per heavy atom. The molecule has 0 aliphatic rings. The number of hydrogen-bond acceptors (Lipinski definition) is 5. The molecule has 0 N–H and O–H groups in total. The number of hydrogen-bond donors (Lipinski definition) is 0. The minimum atomic E-state index is -0.0785. The van der Waals surface area contributed by atoms with Crippen LogP contribution in [0.15, 0.2) is 28.6 Å². The van der Waals surface area contributed by atoms with Gasteiger partial charge in [-0.2, -0.15) is 0 Å². The van der Waals surface area contributed by atoms with E-state index in [4.69, 9.17) is 4.74 Å². The summed E-state index contributed by atoms with van der Waals surface area (Å²) in [7, 11) is 0. The fourth-order valence-electron chi connectivity index (χ4n) is 2.82. The highest BCUT2D eigenvalue weighted by molar-refractivity contribution is 8.01. The molecule has 2 rings (SSSR count). The van der Waals surface area contributed by atoms with Crippen LogP contribution in [0.1, 0.15) is 58.8 Å². The Labute approximate surface area is 159 Å². The van der Waals surface area contributed by atoms with Crippen LogP contribution < -0.4 is 0 Å². The lowest BCUT2D eigenvalue weighted by molar-refractivity contribution is -0.144. The number of carbonyl (C=O) groups excluding carboxylic acids is 1. The van der Waals surface area contributed by atoms with Gasteiger partial charge in [-0.15, -0.1) is 11.3 Å². The molecular weight excluding hydrogens is 350 g/mol. The van der Waals surface area contributed by atoms with Crippen molar-refractivity contribution in [1.29, 1.82) is 0 Å². The van der Waals surface area contributed by atoms with Gasteiger partial charge in [0.1, 0.15) is 0 Å². The Hall–Kier alpha value is -1.07. The van der Waals surface area contributed by atoms with Crippen molar-refractivity contribution in [3.8, 4) is 0 Å². The maximum absolute atomic E-state index is 12.0. The van der Waals surface area contributed by atoms with Crippen molar-refractivity contribution < 1.29 is 9.53 Å². The first-order valence-corrected chi connectivity index (χ1v) is 11.2. The highest BCUT2D eigenvalue weighted by Crippen LogP contribution is 2.29. The maximum Gasteiger partial charge on any atom is 0.306 e. The maximum atomic E-state index is 12.0. The summed E-state index contributed by atoms with van der Waals surface area (Å²) in [5.41, 5.74) is 1.03. The summed E-state index contributed by atoms with van der Waals surface area (Å²) in [6.07, 6.45) is 7.68. The minimum absolute atomic E-state index is 0.0785. The zero-order valence-electron chi connectivity index (χ0n) is 15.3. The van der Waals surface area contributed by atoms with Gasteiger partial charge in [0.15, 0.2) is 4.34 Å². The summed E-state index contributed by atoms with van der Waals surface area (Å²) >= 11 is 3.33. The monoisotopic (exact) mass is 379 g/mol. The first-order valence-electron chi connectivity index (χ1n) is 9.37. The molecule has 1 atom stereocenters. The summed E-state index contributed by atoms with van der Waals surface area (Å²) in [6.45, 7) is 5.00. The molecule has 0 saturated carbocycles. The molecule has 0 amide bonds. The Morgan fingerprint density at radius 1 is 1.20 bits per heavy atom. The Balaban J connectivity index is 1.67. The van der Waals surface area contributed by atoms with Crippen LogP contribution in [0, 0.1) is 5.92 Å². The summed E-state index contributed by atoms with van der Waals surface area (Å²) in [6, 6.07) is 8.13. The second kappa shape index (κ2) is 11.5. The van der Waals surface area contributed by atoms with Crippen LogP contribution in [-0.4, -0.2) is 23.3 Å². The van der Waals surface area contributed by atoms with Crippen LogP contribution in [0.25, 0.3) is 10.2 Å². The molecule has 2 aromatic rings. The van der Waals surface area contributed by atoms with Gasteiger partial charge in [0.25, 0.3) is 0 Å². The zero-order valence-corrected chi connectivity index (χ0v) is 17.0. The number of para-hydroxylation sites is 1. The van der Waals surface area contributed by atoms with Gasteiger partial charge in [-0.05, 0) is 30.9 Å². The van der Waals surface area contributed by atoms with Gasteiger partial charge in [-0.25, -0.2) is 4.98 Å². The van der Waals surface area contributed by atoms with Crippen molar-refractivity contribution in [2.45, 2.75) is 63.1 Å². The number of esters is 1. The molecular formula is C20H29NO2S2. The van der Waals surface area contributed by atoms with Crippen molar-refractivity contribution in [1.82, 2.24) is 4.98 Å². The molecule has 0 saturated heterocycles. The summed E-state index contributed by atoms with van der Waals surface area (Å²) < 4.78 is 7.74. The predicted molar refractivity (Wildman–Crippen MR) is 108 cm³/mol. The lowest BCUT2D eigenvalue weighted by Crippen LogP contribution is -2.14. The fraction of sp³-hybridized carbons (Fsp3) is 0.600. The van der Waals surface area contributed by atoms with Gasteiger partial charge in [-0.1, -0.05) is 63.4 Å². The molecule has 0 radical (unpaired) electrons. The Bertz CT molecular complexity index is 608. The Kier molecular flexibility index (Phi) is 9.33. The quantitative estimate of drug-likeness (QED) is 0.246. The number of thiazole rings is 1. The van der Waals surface area contributed by atoms with E-state index in [0.717, 1.165) is 28.5 Å². The van der Waals surface area contributed by atoms with Crippen molar-refractivity contribution in [2.75, 3.05) is 12.4 Å². The molecule has 0 aliphatic heterocycles. The van der Waals surface area contributed by atoms with Crippen molar-refractivity contribution in [2.24, 2.45) is 5.92 Å². The molecule has 0 fully saturated rings. The standard InChI is InChI=1S/C20H29NO2S2/c1-3-5-6-10-16(9-4-2)15-23-19(22)13-14-24-20-21-17-11-7-8-12-18(17)25-20/h7-8,11-12,16H,3-6,9-10,13-15H2,1-2H3. The molecule has 1 aromatic heterocycles. The first kappa shape index (κ1) is 20.2. The number of nitrogens with zero attached hydrogens (tertiary/aromatic N) is 1. The summed E-state index contributed by atoms with van der Waals surface area (Å²) in [5, 5.41) is 0. The lowest BCUT2D eigenvalue weighted by Gasteiger charge is -2.16. The van der Waals surface area contributed by atoms with E-state index in [2.05, 4.69) is 24.9 Å². The first-order chi connectivity index (χ1) is 12.2. The minimum Gasteiger partial charge on any atom is -0.465 e. The van der Waals surface area contributed by atoms with E-state index < -0.39 is 0 Å². The summed E-state index contributed by atoms with van der Waals surface area (Å²) in [5.74, 6) is 1.18. The van der Waals surface area contributed by atoms with Crippen LogP contribution in [0.2, 0.25) is 0 Å². The van der Waals surface area contributed by atoms with Gasteiger partial charge in [0, 0.05) is 5.75 Å². The average Bonchev–Trinajstić information content (AvgIpc) is 3.02. The average molecular weight is 380 g/mol. The SMILES string of the molecule is CCCCCC(CCC)COC(=O)CCSc1nc2ccccc2s1. The molecule has 0 spiro atoms. The number of ether oxygens (including phenoxy) is 1. The van der Waals surface area contributed by atoms with E-state index in [1.165, 1.54) is 30.4 Å². The summed E-state index contributed by atoms with van der Waals surface area (Å²) in [4.78, 5) is 16.6. The lowest BCUT2D eigenvalue weighted by atomic mass is 9.97. The van der Waals surface area contributed by atoms with Crippen LogP contribution >= 0.6 is 23.1 Å². The number of unbranched alkanes of at least 4 members (excludes halogenated alkanes) is 2. The van der Waals surface area contributed by atoms with Crippen LogP contribution in [0.5, 0.6) is 0 Å². The largest absolute Gasteiger partial charge is 0.465 e. The number of rotatable bonds is 12. The third-order valence-electron chi connectivity index (χ3n) is 4.20. The van der Waals surface area contributed by atoms with Gasteiger partial charge < -0.3 is 4.74 Å². The van der Waals surface area contributed by atoms with Crippen LogP contribution in [-0.2, 0) is 9.53 Å². The van der Waals surface area contributed by atoms with Crippen molar-refractivity contribution in [3.05, 3.63) is 24.3 Å². The molecule has 138 valence electrons. The zero-order chi connectivity index (χ0) is 17.9. The second-order valence-electron chi connectivity index (χ2n) is 6.38. The second-order valence-corrected chi connectivity index (χ2v) is 8.75. The molecule has 0 bridgehead atoms. The molecule has 0 aliphatic carbocycles. The Morgan fingerprint density at radius 2 is 2.04 bits per heavy atom. The molecule has 5 heteroatoms. The number of aromatic nitrogens is 1. The van der Waals surface area contributed by atoms with Gasteiger partial charge in [0.05, 0.1) is 23.2 Å². The molecule has 1 unspecified atom stereocenters. The molecule has 3 nitrogen and oxygen atoms in total. The topological polar surface area (TPSA) is 39.2 Å². The number of carbonyl (C=O) groups is 1. The van der Waals surface area contributed by atoms with Crippen molar-refractivity contribution in [3.63, 3.8) is 0 Å². The van der Waals surface area contributed by atoms with Gasteiger partial charge >= 0.3 is 5.97 Å². The van der Waals surface area contributed by atoms with Crippen LogP contribution in [0.4, 0.5) is 0 Å². The normalized spacial score (nSPS) is 12.4. The third-order valence-corrected chi connectivity index (χ3v) is 6.38. The molecule has 25 heavy (non-hydrogen) atoms. The number of benzene rings is 1. The molecule has 1 heterocycles. The molecule has 1 aromatic carbocycles.